The summed E-state index contributed by atoms with van der Waals surface area (Å²) in [6.45, 7) is 5.00. The van der Waals surface area contributed by atoms with Crippen molar-refractivity contribution >= 4 is 11.7 Å². The lowest BCUT2D eigenvalue weighted by Gasteiger charge is -2.22. The summed E-state index contributed by atoms with van der Waals surface area (Å²) in [5, 5.41) is 2.86. The number of rotatable bonds is 7. The number of benzene rings is 1. The van der Waals surface area contributed by atoms with Crippen molar-refractivity contribution in [2.75, 3.05) is 25.5 Å². The second kappa shape index (κ2) is 8.88. The molecule has 0 bridgehead atoms. The number of carbonyl (C=O) groups is 1. The topological polar surface area (TPSA) is 63.7 Å². The predicted molar refractivity (Wildman–Crippen MR) is 93.5 cm³/mol. The maximum Gasteiger partial charge on any atom is 0.321 e. The molecule has 1 unspecified atom stereocenters. The first kappa shape index (κ1) is 17.7. The lowest BCUT2D eigenvalue weighted by atomic mass is 10.3. The highest BCUT2D eigenvalue weighted by atomic mass is 16.5. The Balaban J connectivity index is 2.03. The molecule has 0 saturated heterocycles. The maximum atomic E-state index is 12.3. The van der Waals surface area contributed by atoms with Gasteiger partial charge in [-0.3, -0.25) is 4.98 Å². The van der Waals surface area contributed by atoms with Crippen molar-refractivity contribution in [2.45, 2.75) is 20.0 Å². The number of aromatic nitrogens is 1. The summed E-state index contributed by atoms with van der Waals surface area (Å²) in [4.78, 5) is 17.9. The Hall–Kier alpha value is -2.60. The predicted octanol–water partition coefficient (Wildman–Crippen LogP) is 3.76. The van der Waals surface area contributed by atoms with Crippen LogP contribution in [0.25, 0.3) is 0 Å². The summed E-state index contributed by atoms with van der Waals surface area (Å²) in [6.07, 6.45) is 3.27. The molecule has 2 amide bonds. The second-order valence-corrected chi connectivity index (χ2v) is 5.36. The van der Waals surface area contributed by atoms with Gasteiger partial charge in [0.25, 0.3) is 0 Å². The number of likely N-dealkylation sites (N-methyl/N-ethyl adjacent to an activating group) is 1. The number of hydrogen-bond acceptors (Lipinski definition) is 4. The molecule has 6 nitrogen and oxygen atoms in total. The fourth-order valence-corrected chi connectivity index (χ4v) is 2.21. The molecule has 0 fully saturated rings. The van der Waals surface area contributed by atoms with Gasteiger partial charge < -0.3 is 19.7 Å². The van der Waals surface area contributed by atoms with Crippen LogP contribution >= 0.6 is 0 Å². The van der Waals surface area contributed by atoms with Crippen molar-refractivity contribution in [2.24, 2.45) is 0 Å². The Morgan fingerprint density at radius 1 is 1.29 bits per heavy atom. The molecule has 1 atom stereocenters. The third-order valence-corrected chi connectivity index (χ3v) is 3.32. The van der Waals surface area contributed by atoms with E-state index < -0.39 is 0 Å². The molecule has 0 aliphatic carbocycles. The Kier molecular flexibility index (Phi) is 6.57. The maximum absolute atomic E-state index is 12.3. The van der Waals surface area contributed by atoms with E-state index in [2.05, 4.69) is 10.3 Å². The summed E-state index contributed by atoms with van der Waals surface area (Å²) >= 11 is 0. The van der Waals surface area contributed by atoms with Crippen LogP contribution in [0.5, 0.6) is 11.5 Å². The van der Waals surface area contributed by atoms with Gasteiger partial charge in [0, 0.05) is 26.4 Å². The van der Waals surface area contributed by atoms with Gasteiger partial charge >= 0.3 is 6.03 Å². The number of nitrogens with one attached hydrogen (secondary N) is 1. The molecule has 1 heterocycles. The highest BCUT2D eigenvalue weighted by Crippen LogP contribution is 2.28. The van der Waals surface area contributed by atoms with E-state index in [-0.39, 0.29) is 12.1 Å². The summed E-state index contributed by atoms with van der Waals surface area (Å²) in [5.41, 5.74) is 0.599. The lowest BCUT2D eigenvalue weighted by molar-refractivity contribution is 0.0594. The SMILES string of the molecule is CCOC(C)CN(C)C(=O)Nc1ccccc1Oc1cccnc1. The minimum absolute atomic E-state index is 0.0207. The number of para-hydroxylation sites is 2. The first-order valence-corrected chi connectivity index (χ1v) is 7.90. The van der Waals surface area contributed by atoms with E-state index in [1.807, 2.05) is 32.0 Å². The zero-order valence-corrected chi connectivity index (χ0v) is 14.2. The summed E-state index contributed by atoms with van der Waals surface area (Å²) in [6, 6.07) is 10.7. The number of urea groups is 1. The van der Waals surface area contributed by atoms with Gasteiger partial charge in [-0.05, 0) is 38.1 Å². The molecule has 1 aromatic carbocycles. The van der Waals surface area contributed by atoms with Crippen molar-refractivity contribution in [3.05, 3.63) is 48.8 Å². The number of anilines is 1. The highest BCUT2D eigenvalue weighted by molar-refractivity contribution is 5.90. The van der Waals surface area contributed by atoms with E-state index in [1.54, 1.807) is 42.5 Å². The zero-order chi connectivity index (χ0) is 17.4. The normalized spacial score (nSPS) is 11.6. The third kappa shape index (κ3) is 5.24. The van der Waals surface area contributed by atoms with Gasteiger partial charge in [0.15, 0.2) is 5.75 Å². The minimum Gasteiger partial charge on any atom is -0.454 e. The average molecular weight is 329 g/mol. The largest absolute Gasteiger partial charge is 0.454 e. The average Bonchev–Trinajstić information content (AvgIpc) is 2.57. The molecule has 1 aromatic heterocycles. The second-order valence-electron chi connectivity index (χ2n) is 5.36. The lowest BCUT2D eigenvalue weighted by Crippen LogP contribution is -2.37. The van der Waals surface area contributed by atoms with Crippen LogP contribution in [0.1, 0.15) is 13.8 Å². The van der Waals surface area contributed by atoms with E-state index in [4.69, 9.17) is 9.47 Å². The van der Waals surface area contributed by atoms with Gasteiger partial charge in [0.2, 0.25) is 0 Å². The first-order chi connectivity index (χ1) is 11.6. The molecule has 2 rings (SSSR count). The van der Waals surface area contributed by atoms with Crippen LogP contribution < -0.4 is 10.1 Å². The molecule has 2 aromatic rings. The zero-order valence-electron chi connectivity index (χ0n) is 14.2. The van der Waals surface area contributed by atoms with Crippen LogP contribution in [-0.4, -0.2) is 42.2 Å². The number of nitrogens with zero attached hydrogens (tertiary/aromatic N) is 2. The smallest absolute Gasteiger partial charge is 0.321 e. The summed E-state index contributed by atoms with van der Waals surface area (Å²) < 4.78 is 11.3. The molecule has 0 saturated carbocycles. The van der Waals surface area contributed by atoms with Crippen molar-refractivity contribution in [1.29, 1.82) is 0 Å². The molecule has 1 N–H and O–H groups in total. The van der Waals surface area contributed by atoms with Crippen LogP contribution in [0.4, 0.5) is 10.5 Å². The molecule has 0 spiro atoms. The first-order valence-electron chi connectivity index (χ1n) is 7.90. The van der Waals surface area contributed by atoms with Crippen LogP contribution in [-0.2, 0) is 4.74 Å². The van der Waals surface area contributed by atoms with Crippen LogP contribution in [0.3, 0.4) is 0 Å². The molecule has 24 heavy (non-hydrogen) atoms. The van der Waals surface area contributed by atoms with Gasteiger partial charge in [-0.2, -0.15) is 0 Å². The fraction of sp³-hybridized carbons (Fsp3) is 0.333. The molecule has 0 aliphatic rings. The standard InChI is InChI=1S/C18H23N3O3/c1-4-23-14(2)13-21(3)18(22)20-16-9-5-6-10-17(16)24-15-8-7-11-19-12-15/h5-12,14H,4,13H2,1-3H3,(H,20,22). The number of hydrogen-bond donors (Lipinski definition) is 1. The van der Waals surface area contributed by atoms with E-state index >= 15 is 0 Å². The van der Waals surface area contributed by atoms with Crippen molar-refractivity contribution in [3.63, 3.8) is 0 Å². The van der Waals surface area contributed by atoms with Gasteiger partial charge in [0.1, 0.15) is 5.75 Å². The van der Waals surface area contributed by atoms with Gasteiger partial charge in [-0.1, -0.05) is 12.1 Å². The number of pyridine rings is 1. The van der Waals surface area contributed by atoms with Crippen molar-refractivity contribution in [3.8, 4) is 11.5 Å². The molecular formula is C18H23N3O3. The Morgan fingerprint density at radius 2 is 2.08 bits per heavy atom. The van der Waals surface area contributed by atoms with E-state index in [0.717, 1.165) is 0 Å². The summed E-state index contributed by atoms with van der Waals surface area (Å²) in [7, 11) is 1.73. The monoisotopic (exact) mass is 329 g/mol. The van der Waals surface area contributed by atoms with Crippen LogP contribution in [0.15, 0.2) is 48.8 Å². The van der Waals surface area contributed by atoms with Gasteiger partial charge in [-0.25, -0.2) is 4.79 Å². The van der Waals surface area contributed by atoms with Crippen molar-refractivity contribution < 1.29 is 14.3 Å². The van der Waals surface area contributed by atoms with E-state index in [1.165, 1.54) is 0 Å². The molecular weight excluding hydrogens is 306 g/mol. The molecule has 0 radical (unpaired) electrons. The Labute approximate surface area is 142 Å². The quantitative estimate of drug-likeness (QED) is 0.840. The molecule has 0 aliphatic heterocycles. The van der Waals surface area contributed by atoms with Crippen LogP contribution in [0.2, 0.25) is 0 Å². The van der Waals surface area contributed by atoms with Crippen molar-refractivity contribution in [1.82, 2.24) is 9.88 Å². The molecule has 128 valence electrons. The summed E-state index contributed by atoms with van der Waals surface area (Å²) in [5.74, 6) is 1.17. The minimum atomic E-state index is -0.219. The third-order valence-electron chi connectivity index (χ3n) is 3.32. The number of ether oxygens (including phenoxy) is 2. The highest BCUT2D eigenvalue weighted by Gasteiger charge is 2.14. The van der Waals surface area contributed by atoms with E-state index in [0.29, 0.717) is 30.3 Å². The van der Waals surface area contributed by atoms with E-state index in [9.17, 15) is 4.79 Å². The Morgan fingerprint density at radius 3 is 2.79 bits per heavy atom. The number of amides is 2. The molecule has 6 heteroatoms. The Bertz CT molecular complexity index is 649. The van der Waals surface area contributed by atoms with Crippen LogP contribution in [0, 0.1) is 0 Å². The van der Waals surface area contributed by atoms with Gasteiger partial charge in [0.05, 0.1) is 18.0 Å². The fourth-order valence-electron chi connectivity index (χ4n) is 2.21. The number of carbonyl (C=O) groups excluding carboxylic acids is 1. The van der Waals surface area contributed by atoms with Gasteiger partial charge in [-0.15, -0.1) is 0 Å².